The number of anilines is 2. The maximum absolute atomic E-state index is 11.7. The highest BCUT2D eigenvalue weighted by Crippen LogP contribution is 2.26. The molecule has 1 aromatic heterocycles. The van der Waals surface area contributed by atoms with Crippen molar-refractivity contribution in [3.63, 3.8) is 0 Å². The number of halogens is 2. The summed E-state index contributed by atoms with van der Waals surface area (Å²) in [5.41, 5.74) is 5.94. The van der Waals surface area contributed by atoms with Crippen LogP contribution in [0.2, 0.25) is 5.02 Å². The molecular formula is C10H9BrClN5OS. The summed E-state index contributed by atoms with van der Waals surface area (Å²) >= 11 is 10.5. The van der Waals surface area contributed by atoms with Crippen LogP contribution < -0.4 is 11.1 Å². The van der Waals surface area contributed by atoms with Crippen LogP contribution in [-0.4, -0.2) is 26.8 Å². The minimum atomic E-state index is -0.197. The number of nitrogens with two attached hydrogens (primary N) is 1. The van der Waals surface area contributed by atoms with E-state index in [1.54, 1.807) is 18.2 Å². The predicted molar refractivity (Wildman–Crippen MR) is 79.3 cm³/mol. The second kappa shape index (κ2) is 6.27. The van der Waals surface area contributed by atoms with Crippen LogP contribution in [-0.2, 0) is 4.79 Å². The molecular weight excluding hydrogens is 354 g/mol. The van der Waals surface area contributed by atoms with Gasteiger partial charge < -0.3 is 11.1 Å². The van der Waals surface area contributed by atoms with Crippen molar-refractivity contribution in [3.05, 3.63) is 27.7 Å². The van der Waals surface area contributed by atoms with E-state index in [-0.39, 0.29) is 17.6 Å². The lowest BCUT2D eigenvalue weighted by atomic mass is 10.3. The highest BCUT2D eigenvalue weighted by atomic mass is 79.9. The number of aromatic amines is 1. The summed E-state index contributed by atoms with van der Waals surface area (Å²) in [6.45, 7) is 0. The Morgan fingerprint density at radius 2 is 2.37 bits per heavy atom. The van der Waals surface area contributed by atoms with Crippen LogP contribution in [0.3, 0.4) is 0 Å². The van der Waals surface area contributed by atoms with Crippen molar-refractivity contribution < 1.29 is 4.79 Å². The summed E-state index contributed by atoms with van der Waals surface area (Å²) < 4.78 is 0.848. The fourth-order valence-corrected chi connectivity index (χ4v) is 2.56. The fraction of sp³-hybridized carbons (Fsp3) is 0.100. The largest absolute Gasteiger partial charge is 0.368 e. The molecule has 0 saturated heterocycles. The zero-order valence-electron chi connectivity index (χ0n) is 9.48. The maximum atomic E-state index is 11.7. The molecule has 0 unspecified atom stereocenters. The Balaban J connectivity index is 1.90. The smallest absolute Gasteiger partial charge is 0.234 e. The number of hydrogen-bond donors (Lipinski definition) is 3. The van der Waals surface area contributed by atoms with Crippen molar-refractivity contribution in [1.82, 2.24) is 15.2 Å². The molecule has 0 spiro atoms. The van der Waals surface area contributed by atoms with Crippen LogP contribution >= 0.6 is 39.3 Å². The predicted octanol–water partition coefficient (Wildman–Crippen LogP) is 2.53. The molecule has 2 aromatic rings. The lowest BCUT2D eigenvalue weighted by Gasteiger charge is -2.06. The van der Waals surface area contributed by atoms with Gasteiger partial charge in [0.1, 0.15) is 0 Å². The van der Waals surface area contributed by atoms with Gasteiger partial charge in [0.05, 0.1) is 16.5 Å². The van der Waals surface area contributed by atoms with Gasteiger partial charge in [-0.25, -0.2) is 5.10 Å². The molecule has 0 aliphatic rings. The van der Waals surface area contributed by atoms with Crippen molar-refractivity contribution in [1.29, 1.82) is 0 Å². The number of thioether (sulfide) groups is 1. The first kappa shape index (κ1) is 14.2. The molecule has 1 amide bonds. The zero-order chi connectivity index (χ0) is 13.8. The van der Waals surface area contributed by atoms with Gasteiger partial charge in [-0.05, 0) is 18.2 Å². The molecule has 6 nitrogen and oxygen atoms in total. The molecule has 1 aromatic carbocycles. The standard InChI is InChI=1S/C10H9BrClN5OS/c11-5-1-2-7(6(12)3-5)14-8(18)4-19-10-15-9(13)16-17-10/h1-3H,4H2,(H,14,18)(H3,13,15,16,17). The molecule has 0 fully saturated rings. The Kier molecular flexibility index (Phi) is 4.67. The van der Waals surface area contributed by atoms with Gasteiger partial charge in [-0.1, -0.05) is 39.3 Å². The van der Waals surface area contributed by atoms with Gasteiger partial charge in [0.2, 0.25) is 17.0 Å². The lowest BCUT2D eigenvalue weighted by molar-refractivity contribution is -0.113. The Morgan fingerprint density at radius 3 is 3.00 bits per heavy atom. The van der Waals surface area contributed by atoms with E-state index in [2.05, 4.69) is 36.4 Å². The van der Waals surface area contributed by atoms with Crippen molar-refractivity contribution in [2.75, 3.05) is 16.8 Å². The quantitative estimate of drug-likeness (QED) is 0.726. The average molecular weight is 363 g/mol. The second-order valence-corrected chi connectivity index (χ2v) is 5.73. The van der Waals surface area contributed by atoms with Crippen molar-refractivity contribution in [2.45, 2.75) is 5.16 Å². The summed E-state index contributed by atoms with van der Waals surface area (Å²) in [7, 11) is 0. The number of amides is 1. The van der Waals surface area contributed by atoms with E-state index in [1.807, 2.05) is 0 Å². The van der Waals surface area contributed by atoms with Crippen molar-refractivity contribution in [3.8, 4) is 0 Å². The highest BCUT2D eigenvalue weighted by molar-refractivity contribution is 9.10. The van der Waals surface area contributed by atoms with Crippen LogP contribution in [0, 0.1) is 0 Å². The van der Waals surface area contributed by atoms with Crippen molar-refractivity contribution >= 4 is 56.8 Å². The molecule has 0 saturated carbocycles. The SMILES string of the molecule is Nc1nc(SCC(=O)Nc2ccc(Br)cc2Cl)n[nH]1. The third kappa shape index (κ3) is 4.12. The Morgan fingerprint density at radius 1 is 1.58 bits per heavy atom. The molecule has 0 aliphatic carbocycles. The van der Waals surface area contributed by atoms with Crippen LogP contribution in [0.1, 0.15) is 0 Å². The molecule has 0 aliphatic heterocycles. The van der Waals surface area contributed by atoms with Crippen LogP contribution in [0.5, 0.6) is 0 Å². The molecule has 4 N–H and O–H groups in total. The Labute approximate surface area is 126 Å². The monoisotopic (exact) mass is 361 g/mol. The molecule has 1 heterocycles. The second-order valence-electron chi connectivity index (χ2n) is 3.46. The van der Waals surface area contributed by atoms with Gasteiger partial charge in [-0.3, -0.25) is 4.79 Å². The number of aromatic nitrogens is 3. The van der Waals surface area contributed by atoms with Crippen LogP contribution in [0.15, 0.2) is 27.8 Å². The molecule has 0 atom stereocenters. The first-order valence-electron chi connectivity index (χ1n) is 5.10. The fourth-order valence-electron chi connectivity index (χ4n) is 1.23. The van der Waals surface area contributed by atoms with Gasteiger partial charge >= 0.3 is 0 Å². The number of carbonyl (C=O) groups excluding carboxylic acids is 1. The average Bonchev–Trinajstić information content (AvgIpc) is 2.76. The van der Waals surface area contributed by atoms with E-state index >= 15 is 0 Å². The van der Waals surface area contributed by atoms with E-state index < -0.39 is 0 Å². The topological polar surface area (TPSA) is 96.7 Å². The maximum Gasteiger partial charge on any atom is 0.234 e. The molecule has 9 heteroatoms. The first-order valence-corrected chi connectivity index (χ1v) is 7.26. The number of rotatable bonds is 4. The summed E-state index contributed by atoms with van der Waals surface area (Å²) in [5, 5.41) is 9.91. The van der Waals surface area contributed by atoms with E-state index in [0.717, 1.165) is 4.47 Å². The van der Waals surface area contributed by atoms with Gasteiger partial charge in [0, 0.05) is 4.47 Å². The van der Waals surface area contributed by atoms with E-state index in [1.165, 1.54) is 11.8 Å². The molecule has 2 rings (SSSR count). The minimum absolute atomic E-state index is 0.170. The molecule has 0 radical (unpaired) electrons. The number of nitrogen functional groups attached to an aromatic ring is 1. The van der Waals surface area contributed by atoms with Crippen LogP contribution in [0.4, 0.5) is 11.6 Å². The summed E-state index contributed by atoms with van der Waals surface area (Å²) in [6, 6.07) is 5.23. The third-order valence-corrected chi connectivity index (χ3v) is 3.67. The van der Waals surface area contributed by atoms with E-state index in [0.29, 0.717) is 15.9 Å². The summed E-state index contributed by atoms with van der Waals surface area (Å²) in [6.07, 6.45) is 0. The molecule has 19 heavy (non-hydrogen) atoms. The number of hydrogen-bond acceptors (Lipinski definition) is 5. The van der Waals surface area contributed by atoms with Gasteiger partial charge in [0.15, 0.2) is 0 Å². The summed E-state index contributed by atoms with van der Waals surface area (Å²) in [4.78, 5) is 15.6. The molecule has 0 bridgehead atoms. The number of H-pyrrole nitrogens is 1. The summed E-state index contributed by atoms with van der Waals surface area (Å²) in [5.74, 6) is 0.195. The Hall–Kier alpha value is -1.25. The lowest BCUT2D eigenvalue weighted by Crippen LogP contribution is -2.14. The number of carbonyl (C=O) groups is 1. The number of benzene rings is 1. The highest BCUT2D eigenvalue weighted by Gasteiger charge is 2.09. The van der Waals surface area contributed by atoms with E-state index in [4.69, 9.17) is 17.3 Å². The van der Waals surface area contributed by atoms with Gasteiger partial charge in [-0.15, -0.1) is 5.10 Å². The third-order valence-electron chi connectivity index (χ3n) is 2.02. The Bertz CT molecular complexity index is 605. The number of nitrogens with zero attached hydrogens (tertiary/aromatic N) is 2. The van der Waals surface area contributed by atoms with E-state index in [9.17, 15) is 4.79 Å². The van der Waals surface area contributed by atoms with Gasteiger partial charge in [0.25, 0.3) is 0 Å². The first-order chi connectivity index (χ1) is 9.04. The normalized spacial score (nSPS) is 10.4. The number of nitrogens with one attached hydrogen (secondary N) is 2. The van der Waals surface area contributed by atoms with Gasteiger partial charge in [-0.2, -0.15) is 4.98 Å². The van der Waals surface area contributed by atoms with Crippen LogP contribution in [0.25, 0.3) is 0 Å². The van der Waals surface area contributed by atoms with Crippen molar-refractivity contribution in [2.24, 2.45) is 0 Å². The zero-order valence-corrected chi connectivity index (χ0v) is 12.6. The minimum Gasteiger partial charge on any atom is -0.368 e. The molecule has 100 valence electrons.